The maximum absolute atomic E-state index is 14.7. The maximum Gasteiger partial charge on any atom is 0.431 e. The van der Waals surface area contributed by atoms with Gasteiger partial charge < -0.3 is 15.2 Å². The predicted octanol–water partition coefficient (Wildman–Crippen LogP) is 4.65. The van der Waals surface area contributed by atoms with Crippen LogP contribution < -0.4 is 26.5 Å². The molecule has 2 N–H and O–H groups in total. The van der Waals surface area contributed by atoms with Gasteiger partial charge in [0, 0.05) is 31.3 Å². The third-order valence-corrected chi connectivity index (χ3v) is 5.21. The van der Waals surface area contributed by atoms with Crippen molar-refractivity contribution in [3.63, 3.8) is 0 Å². The van der Waals surface area contributed by atoms with Gasteiger partial charge in [-0.3, -0.25) is 9.36 Å². The van der Waals surface area contributed by atoms with Crippen LogP contribution in [0.4, 0.5) is 23.2 Å². The summed E-state index contributed by atoms with van der Waals surface area (Å²) in [6.45, 7) is 0.299. The number of nitrogens with two attached hydrogens (primary N) is 1. The quantitative estimate of drug-likeness (QED) is 0.307. The molecule has 0 aliphatic heterocycles. The fraction of sp³-hybridized carbons (Fsp3) is 0.120. The molecule has 1 heterocycles. The number of benzene rings is 3. The first-order valence-corrected chi connectivity index (χ1v) is 10.5. The van der Waals surface area contributed by atoms with Crippen LogP contribution in [0, 0.1) is 5.82 Å². The molecule has 1 aromatic heterocycles. The minimum Gasteiger partial charge on any atom is -0.489 e. The Labute approximate surface area is 201 Å². The van der Waals surface area contributed by atoms with Gasteiger partial charge in [0.15, 0.2) is 5.75 Å². The van der Waals surface area contributed by atoms with E-state index in [-0.39, 0.29) is 32.4 Å². The van der Waals surface area contributed by atoms with Gasteiger partial charge in [-0.2, -0.15) is 13.2 Å². The maximum atomic E-state index is 14.7. The van der Waals surface area contributed by atoms with Gasteiger partial charge in [-0.25, -0.2) is 13.8 Å². The van der Waals surface area contributed by atoms with Gasteiger partial charge in [0.2, 0.25) is 0 Å². The van der Waals surface area contributed by atoms with Crippen molar-refractivity contribution in [1.82, 2.24) is 9.13 Å². The molecule has 36 heavy (non-hydrogen) atoms. The first-order valence-electron chi connectivity index (χ1n) is 10.5. The number of anilines is 1. The molecule has 0 radical (unpaired) electrons. The Hall–Kier alpha value is -4.54. The van der Waals surface area contributed by atoms with Crippen LogP contribution in [0.1, 0.15) is 11.3 Å². The Morgan fingerprint density at radius 3 is 2.31 bits per heavy atom. The second-order valence-electron chi connectivity index (χ2n) is 7.74. The average molecular weight is 501 g/mol. The van der Waals surface area contributed by atoms with E-state index in [4.69, 9.17) is 15.2 Å². The van der Waals surface area contributed by atoms with Crippen LogP contribution in [-0.4, -0.2) is 9.13 Å². The summed E-state index contributed by atoms with van der Waals surface area (Å²) in [6, 6.07) is 17.9. The monoisotopic (exact) mass is 501 g/mol. The number of aromatic nitrogens is 2. The Kier molecular flexibility index (Phi) is 6.56. The number of rotatable bonds is 6. The van der Waals surface area contributed by atoms with Gasteiger partial charge in [0.1, 0.15) is 29.6 Å². The van der Waals surface area contributed by atoms with E-state index >= 15 is 0 Å². The predicted molar refractivity (Wildman–Crippen MR) is 124 cm³/mol. The van der Waals surface area contributed by atoms with Crippen molar-refractivity contribution >= 4 is 5.69 Å². The number of halogens is 4. The topological polar surface area (TPSA) is 88.5 Å². The lowest BCUT2D eigenvalue weighted by Gasteiger charge is -2.16. The highest BCUT2D eigenvalue weighted by Crippen LogP contribution is 2.33. The van der Waals surface area contributed by atoms with E-state index in [1.54, 1.807) is 24.3 Å². The molecule has 0 saturated heterocycles. The zero-order valence-electron chi connectivity index (χ0n) is 18.8. The minimum atomic E-state index is -4.95. The number of hydrogen-bond donors (Lipinski definition) is 1. The number of nitrogen functional groups attached to an aromatic ring is 1. The highest BCUT2D eigenvalue weighted by molar-refractivity contribution is 5.59. The van der Waals surface area contributed by atoms with E-state index in [9.17, 15) is 27.2 Å². The summed E-state index contributed by atoms with van der Waals surface area (Å²) < 4.78 is 66.1. The highest BCUT2D eigenvalue weighted by Gasteiger charge is 2.35. The van der Waals surface area contributed by atoms with Gasteiger partial charge in [-0.15, -0.1) is 0 Å². The summed E-state index contributed by atoms with van der Waals surface area (Å²) in [5.41, 5.74) is 1.81. The molecule has 11 heteroatoms. The Morgan fingerprint density at radius 2 is 1.61 bits per heavy atom. The molecule has 4 aromatic rings. The fourth-order valence-electron chi connectivity index (χ4n) is 3.43. The van der Waals surface area contributed by atoms with E-state index in [2.05, 4.69) is 0 Å². The highest BCUT2D eigenvalue weighted by atomic mass is 19.4. The van der Waals surface area contributed by atoms with E-state index < -0.39 is 34.6 Å². The Bertz CT molecular complexity index is 1530. The molecule has 0 fully saturated rings. The third kappa shape index (κ3) is 5.09. The first kappa shape index (κ1) is 24.6. The lowest BCUT2D eigenvalue weighted by molar-refractivity contribution is -0.144. The molecule has 0 bridgehead atoms. The summed E-state index contributed by atoms with van der Waals surface area (Å²) in [4.78, 5) is 25.0. The third-order valence-electron chi connectivity index (χ3n) is 5.21. The number of alkyl halides is 3. The first-order chi connectivity index (χ1) is 17.0. The van der Waals surface area contributed by atoms with Crippen molar-refractivity contribution in [2.75, 3.05) is 5.73 Å². The zero-order valence-corrected chi connectivity index (χ0v) is 18.8. The largest absolute Gasteiger partial charge is 0.489 e. The lowest BCUT2D eigenvalue weighted by Crippen LogP contribution is -2.41. The molecule has 3 aromatic carbocycles. The second kappa shape index (κ2) is 9.61. The number of ether oxygens (including phenoxy) is 2. The normalized spacial score (nSPS) is 11.4. The standard InChI is InChI=1S/C25H19F4N3O4/c1-31-22(25(27,28)29)13-23(33)32(24(31)34)20-12-21(19(30)11-18(20)26)36-17-9-5-8-16(10-17)35-14-15-6-3-2-4-7-15/h2-13H,14,30H2,1H3. The van der Waals surface area contributed by atoms with Crippen LogP contribution in [0.5, 0.6) is 17.2 Å². The number of nitrogens with zero attached hydrogens (tertiary/aromatic N) is 2. The van der Waals surface area contributed by atoms with Gasteiger partial charge >= 0.3 is 11.9 Å². The minimum absolute atomic E-state index is 0.125. The van der Waals surface area contributed by atoms with Crippen molar-refractivity contribution in [2.24, 2.45) is 7.05 Å². The summed E-state index contributed by atoms with van der Waals surface area (Å²) in [5, 5.41) is 0. The van der Waals surface area contributed by atoms with Crippen LogP contribution in [0.15, 0.2) is 82.4 Å². The van der Waals surface area contributed by atoms with Crippen LogP contribution in [0.3, 0.4) is 0 Å². The van der Waals surface area contributed by atoms with Crippen LogP contribution in [0.2, 0.25) is 0 Å². The molecule has 0 aliphatic carbocycles. The van der Waals surface area contributed by atoms with Crippen molar-refractivity contribution in [2.45, 2.75) is 12.8 Å². The molecular formula is C25H19F4N3O4. The SMILES string of the molecule is Cn1c(C(F)(F)F)cc(=O)n(-c2cc(Oc3cccc(OCc4ccccc4)c3)c(N)cc2F)c1=O. The lowest BCUT2D eigenvalue weighted by atomic mass is 10.2. The van der Waals surface area contributed by atoms with E-state index in [0.29, 0.717) is 12.4 Å². The van der Waals surface area contributed by atoms with E-state index in [1.165, 1.54) is 0 Å². The van der Waals surface area contributed by atoms with Crippen molar-refractivity contribution < 1.29 is 27.0 Å². The molecule has 0 amide bonds. The molecule has 0 spiro atoms. The van der Waals surface area contributed by atoms with E-state index in [0.717, 1.165) is 24.7 Å². The molecule has 0 unspecified atom stereocenters. The van der Waals surface area contributed by atoms with Gasteiger partial charge in [-0.05, 0) is 17.7 Å². The van der Waals surface area contributed by atoms with Gasteiger partial charge in [0.05, 0.1) is 11.4 Å². The van der Waals surface area contributed by atoms with Gasteiger partial charge in [-0.1, -0.05) is 36.4 Å². The van der Waals surface area contributed by atoms with Crippen LogP contribution in [-0.2, 0) is 19.8 Å². The summed E-state index contributed by atoms with van der Waals surface area (Å²) in [5.74, 6) is -0.512. The fourth-order valence-corrected chi connectivity index (χ4v) is 3.43. The summed E-state index contributed by atoms with van der Waals surface area (Å²) in [6.07, 6.45) is -4.95. The molecule has 0 aliphatic rings. The smallest absolute Gasteiger partial charge is 0.431 e. The summed E-state index contributed by atoms with van der Waals surface area (Å²) in [7, 11) is 0.828. The molecule has 7 nitrogen and oxygen atoms in total. The zero-order chi connectivity index (χ0) is 26.0. The second-order valence-corrected chi connectivity index (χ2v) is 7.74. The van der Waals surface area contributed by atoms with Crippen molar-refractivity contribution in [3.05, 3.63) is 111 Å². The molecule has 0 saturated carbocycles. The molecule has 4 rings (SSSR count). The molecule has 186 valence electrons. The Balaban J connectivity index is 1.67. The van der Waals surface area contributed by atoms with Crippen molar-refractivity contribution in [1.29, 1.82) is 0 Å². The average Bonchev–Trinajstić information content (AvgIpc) is 2.83. The Morgan fingerprint density at radius 1 is 0.917 bits per heavy atom. The molecule has 0 atom stereocenters. The number of hydrogen-bond acceptors (Lipinski definition) is 5. The van der Waals surface area contributed by atoms with E-state index in [1.807, 2.05) is 30.3 Å². The van der Waals surface area contributed by atoms with Crippen LogP contribution in [0.25, 0.3) is 5.69 Å². The van der Waals surface area contributed by atoms with Gasteiger partial charge in [0.25, 0.3) is 5.56 Å². The summed E-state index contributed by atoms with van der Waals surface area (Å²) >= 11 is 0. The molecular weight excluding hydrogens is 482 g/mol. The van der Waals surface area contributed by atoms with Crippen molar-refractivity contribution in [3.8, 4) is 22.9 Å². The van der Waals surface area contributed by atoms with Crippen LogP contribution >= 0.6 is 0 Å².